The fourth-order valence-electron chi connectivity index (χ4n) is 3.18. The van der Waals surface area contributed by atoms with Crippen molar-refractivity contribution in [1.82, 2.24) is 5.32 Å². The van der Waals surface area contributed by atoms with Crippen molar-refractivity contribution >= 4 is 5.91 Å². The molecule has 5 heteroatoms. The van der Waals surface area contributed by atoms with E-state index in [1.54, 1.807) is 0 Å². The molecule has 0 saturated carbocycles. The number of rotatable bonds is 7. The van der Waals surface area contributed by atoms with Crippen LogP contribution < -0.4 is 19.5 Å². The Morgan fingerprint density at radius 1 is 0.931 bits per heavy atom. The van der Waals surface area contributed by atoms with Crippen LogP contribution in [0.4, 0.5) is 0 Å². The van der Waals surface area contributed by atoms with Crippen LogP contribution in [0.15, 0.2) is 78.9 Å². The van der Waals surface area contributed by atoms with Gasteiger partial charge in [-0.05, 0) is 23.8 Å². The van der Waals surface area contributed by atoms with E-state index in [9.17, 15) is 4.79 Å². The summed E-state index contributed by atoms with van der Waals surface area (Å²) in [6, 6.07) is 25.4. The summed E-state index contributed by atoms with van der Waals surface area (Å²) in [5.74, 6) is 2.14. The van der Waals surface area contributed by atoms with Gasteiger partial charge in [-0.15, -0.1) is 0 Å². The highest BCUT2D eigenvalue weighted by Crippen LogP contribution is 2.31. The predicted molar refractivity (Wildman–Crippen MR) is 111 cm³/mol. The molecule has 1 aliphatic heterocycles. The quantitative estimate of drug-likeness (QED) is 0.662. The van der Waals surface area contributed by atoms with Gasteiger partial charge in [-0.3, -0.25) is 4.79 Å². The Kier molecular flexibility index (Phi) is 5.95. The van der Waals surface area contributed by atoms with Gasteiger partial charge in [0, 0.05) is 5.56 Å². The number of carbonyl (C=O) groups is 1. The molecule has 0 aromatic heterocycles. The topological polar surface area (TPSA) is 56.8 Å². The van der Waals surface area contributed by atoms with Crippen LogP contribution >= 0.6 is 0 Å². The van der Waals surface area contributed by atoms with Crippen LogP contribution in [0.5, 0.6) is 17.2 Å². The smallest absolute Gasteiger partial charge is 0.223 e. The van der Waals surface area contributed by atoms with E-state index in [0.29, 0.717) is 25.5 Å². The normalized spacial score (nSPS) is 14.8. The second-order valence-electron chi connectivity index (χ2n) is 6.76. The third-order valence-corrected chi connectivity index (χ3v) is 4.65. The van der Waals surface area contributed by atoms with Gasteiger partial charge in [-0.1, -0.05) is 60.7 Å². The molecule has 1 unspecified atom stereocenters. The number of hydrogen-bond acceptors (Lipinski definition) is 4. The summed E-state index contributed by atoms with van der Waals surface area (Å²) in [5.41, 5.74) is 2.10. The summed E-state index contributed by atoms with van der Waals surface area (Å²) >= 11 is 0. The molecule has 0 aliphatic carbocycles. The lowest BCUT2D eigenvalue weighted by molar-refractivity contribution is -0.122. The summed E-state index contributed by atoms with van der Waals surface area (Å²) in [5, 5.41) is 2.89. The van der Waals surface area contributed by atoms with Gasteiger partial charge < -0.3 is 19.5 Å². The van der Waals surface area contributed by atoms with Gasteiger partial charge in [0.2, 0.25) is 5.91 Å². The number of para-hydroxylation sites is 3. The van der Waals surface area contributed by atoms with Gasteiger partial charge in [0.15, 0.2) is 11.5 Å². The molecule has 1 amide bonds. The molecule has 1 aliphatic rings. The Morgan fingerprint density at radius 2 is 1.66 bits per heavy atom. The van der Waals surface area contributed by atoms with Gasteiger partial charge >= 0.3 is 0 Å². The monoisotopic (exact) mass is 389 g/mol. The zero-order valence-corrected chi connectivity index (χ0v) is 16.0. The van der Waals surface area contributed by atoms with E-state index in [1.807, 2.05) is 78.9 Å². The highest BCUT2D eigenvalue weighted by Gasteiger charge is 2.21. The van der Waals surface area contributed by atoms with Gasteiger partial charge in [-0.25, -0.2) is 0 Å². The number of ether oxygens (including phenoxy) is 3. The molecule has 4 rings (SSSR count). The second kappa shape index (κ2) is 9.15. The summed E-state index contributed by atoms with van der Waals surface area (Å²) in [7, 11) is 0. The minimum absolute atomic E-state index is 0.0790. The van der Waals surface area contributed by atoms with Crippen LogP contribution in [0.3, 0.4) is 0 Å². The van der Waals surface area contributed by atoms with Crippen LogP contribution in [0.2, 0.25) is 0 Å². The lowest BCUT2D eigenvalue weighted by atomic mass is 10.1. The molecule has 1 heterocycles. The number of carbonyl (C=O) groups excluding carboxylic acids is 1. The SMILES string of the molecule is O=C(CCOc1ccccc1-c1ccccc1)NCC1COc2ccccc2O1. The summed E-state index contributed by atoms with van der Waals surface area (Å²) in [4.78, 5) is 12.2. The minimum atomic E-state index is -0.200. The Bertz CT molecular complexity index is 958. The van der Waals surface area contributed by atoms with Crippen molar-refractivity contribution in [2.75, 3.05) is 19.8 Å². The van der Waals surface area contributed by atoms with Gasteiger partial charge in [0.25, 0.3) is 0 Å². The third kappa shape index (κ3) is 4.88. The molecule has 1 atom stereocenters. The molecule has 29 heavy (non-hydrogen) atoms. The van der Waals surface area contributed by atoms with Gasteiger partial charge in [-0.2, -0.15) is 0 Å². The molecule has 3 aromatic carbocycles. The van der Waals surface area contributed by atoms with E-state index >= 15 is 0 Å². The maximum absolute atomic E-state index is 12.2. The largest absolute Gasteiger partial charge is 0.492 e. The van der Waals surface area contributed by atoms with Crippen molar-refractivity contribution in [2.45, 2.75) is 12.5 Å². The number of hydrogen-bond donors (Lipinski definition) is 1. The molecule has 0 spiro atoms. The first-order chi connectivity index (χ1) is 14.3. The number of nitrogens with one attached hydrogen (secondary N) is 1. The zero-order chi connectivity index (χ0) is 19.9. The van der Waals surface area contributed by atoms with Crippen molar-refractivity contribution in [2.24, 2.45) is 0 Å². The predicted octanol–water partition coefficient (Wildman–Crippen LogP) is 4.08. The molecule has 5 nitrogen and oxygen atoms in total. The number of benzene rings is 3. The van der Waals surface area contributed by atoms with Crippen molar-refractivity contribution in [3.63, 3.8) is 0 Å². The maximum Gasteiger partial charge on any atom is 0.223 e. The molecule has 0 bridgehead atoms. The Labute approximate surface area is 170 Å². The molecular weight excluding hydrogens is 366 g/mol. The Hall–Kier alpha value is -3.47. The average molecular weight is 389 g/mol. The minimum Gasteiger partial charge on any atom is -0.492 e. The first-order valence-corrected chi connectivity index (χ1v) is 9.72. The fraction of sp³-hybridized carbons (Fsp3) is 0.208. The van der Waals surface area contributed by atoms with Gasteiger partial charge in [0.1, 0.15) is 18.5 Å². The van der Waals surface area contributed by atoms with Crippen molar-refractivity contribution in [3.8, 4) is 28.4 Å². The highest BCUT2D eigenvalue weighted by atomic mass is 16.6. The fourth-order valence-corrected chi connectivity index (χ4v) is 3.18. The van der Waals surface area contributed by atoms with Crippen LogP contribution in [0.1, 0.15) is 6.42 Å². The Balaban J connectivity index is 1.24. The number of fused-ring (bicyclic) bond motifs is 1. The zero-order valence-electron chi connectivity index (χ0n) is 16.0. The molecular formula is C24H23NO4. The van der Waals surface area contributed by atoms with E-state index in [4.69, 9.17) is 14.2 Å². The molecule has 148 valence electrons. The van der Waals surface area contributed by atoms with Crippen molar-refractivity contribution in [1.29, 1.82) is 0 Å². The molecule has 0 fully saturated rings. The average Bonchev–Trinajstić information content (AvgIpc) is 2.78. The first-order valence-electron chi connectivity index (χ1n) is 9.72. The summed E-state index contributed by atoms with van der Waals surface area (Å²) < 4.78 is 17.4. The highest BCUT2D eigenvalue weighted by molar-refractivity contribution is 5.76. The molecule has 0 saturated heterocycles. The molecule has 1 N–H and O–H groups in total. The molecule has 3 aromatic rings. The summed E-state index contributed by atoms with van der Waals surface area (Å²) in [6.45, 7) is 1.12. The third-order valence-electron chi connectivity index (χ3n) is 4.65. The van der Waals surface area contributed by atoms with Crippen LogP contribution in [-0.4, -0.2) is 31.8 Å². The van der Waals surface area contributed by atoms with E-state index in [0.717, 1.165) is 22.6 Å². The maximum atomic E-state index is 12.2. The van der Waals surface area contributed by atoms with E-state index in [-0.39, 0.29) is 18.4 Å². The molecule has 0 radical (unpaired) electrons. The van der Waals surface area contributed by atoms with Crippen LogP contribution in [-0.2, 0) is 4.79 Å². The van der Waals surface area contributed by atoms with Crippen molar-refractivity contribution < 1.29 is 19.0 Å². The van der Waals surface area contributed by atoms with E-state index in [1.165, 1.54) is 0 Å². The Morgan fingerprint density at radius 3 is 2.52 bits per heavy atom. The van der Waals surface area contributed by atoms with Crippen molar-refractivity contribution in [3.05, 3.63) is 78.9 Å². The lowest BCUT2D eigenvalue weighted by Crippen LogP contribution is -2.41. The van der Waals surface area contributed by atoms with Crippen LogP contribution in [0.25, 0.3) is 11.1 Å². The summed E-state index contributed by atoms with van der Waals surface area (Å²) in [6.07, 6.45) is 0.0707. The first kappa shape index (κ1) is 18.9. The standard InChI is InChI=1S/C24H23NO4/c26-24(25-16-19-17-28-22-12-6-7-13-23(22)29-19)14-15-27-21-11-5-4-10-20(21)18-8-2-1-3-9-18/h1-13,19H,14-17H2,(H,25,26). The lowest BCUT2D eigenvalue weighted by Gasteiger charge is -2.26. The second-order valence-corrected chi connectivity index (χ2v) is 6.76. The van der Waals surface area contributed by atoms with Crippen LogP contribution in [0, 0.1) is 0 Å². The van der Waals surface area contributed by atoms with E-state index in [2.05, 4.69) is 5.32 Å². The number of amides is 1. The van der Waals surface area contributed by atoms with E-state index < -0.39 is 0 Å². The van der Waals surface area contributed by atoms with Gasteiger partial charge in [0.05, 0.1) is 19.6 Å².